The lowest BCUT2D eigenvalue weighted by Gasteiger charge is -2.20. The third kappa shape index (κ3) is 3.59. The summed E-state index contributed by atoms with van der Waals surface area (Å²) in [7, 11) is 0. The van der Waals surface area contributed by atoms with Crippen LogP contribution in [0.25, 0.3) is 0 Å². The van der Waals surface area contributed by atoms with Crippen molar-refractivity contribution in [3.8, 4) is 0 Å². The zero-order valence-electron chi connectivity index (χ0n) is 13.0. The highest BCUT2D eigenvalue weighted by Gasteiger charge is 2.22. The van der Waals surface area contributed by atoms with Crippen LogP contribution in [0.2, 0.25) is 0 Å². The molecular weight excluding hydrogens is 258 g/mol. The van der Waals surface area contributed by atoms with Crippen LogP contribution >= 0.6 is 0 Å². The molecule has 21 heavy (non-hydrogen) atoms. The van der Waals surface area contributed by atoms with Gasteiger partial charge in [-0.1, -0.05) is 55.5 Å². The molecule has 0 aliphatic heterocycles. The molecule has 0 saturated heterocycles. The molecule has 0 radical (unpaired) electrons. The van der Waals surface area contributed by atoms with E-state index in [9.17, 15) is 4.79 Å². The molecular formula is C19H23NO. The molecule has 2 unspecified atom stereocenters. The van der Waals surface area contributed by atoms with Crippen LogP contribution in [0.5, 0.6) is 0 Å². The van der Waals surface area contributed by atoms with E-state index in [4.69, 9.17) is 5.73 Å². The van der Waals surface area contributed by atoms with Crippen molar-refractivity contribution in [2.45, 2.75) is 33.2 Å². The zero-order chi connectivity index (χ0) is 15.4. The van der Waals surface area contributed by atoms with Crippen molar-refractivity contribution in [1.82, 2.24) is 0 Å². The molecule has 0 fully saturated rings. The number of carbonyl (C=O) groups excluding carboxylic acids is 1. The number of carbonyl (C=O) groups is 1. The Morgan fingerprint density at radius 3 is 2.14 bits per heavy atom. The van der Waals surface area contributed by atoms with E-state index in [2.05, 4.69) is 26.0 Å². The number of aryl methyl sites for hydroxylation is 2. The summed E-state index contributed by atoms with van der Waals surface area (Å²) < 4.78 is 0. The summed E-state index contributed by atoms with van der Waals surface area (Å²) in [6.45, 7) is 6.03. The monoisotopic (exact) mass is 281 g/mol. The molecule has 110 valence electrons. The first-order chi connectivity index (χ1) is 10.0. The average molecular weight is 281 g/mol. The Morgan fingerprint density at radius 2 is 1.57 bits per heavy atom. The second-order valence-electron chi connectivity index (χ2n) is 5.74. The molecule has 0 aliphatic rings. The molecule has 2 aromatic carbocycles. The summed E-state index contributed by atoms with van der Waals surface area (Å²) in [6, 6.07) is 15.7. The van der Waals surface area contributed by atoms with E-state index in [0.29, 0.717) is 6.42 Å². The molecule has 2 atom stereocenters. The van der Waals surface area contributed by atoms with Crippen LogP contribution in [0.3, 0.4) is 0 Å². The first kappa shape index (κ1) is 15.5. The Balaban J connectivity index is 2.13. The predicted molar refractivity (Wildman–Crippen MR) is 87.2 cm³/mol. The van der Waals surface area contributed by atoms with Gasteiger partial charge in [-0.15, -0.1) is 0 Å². The van der Waals surface area contributed by atoms with Crippen molar-refractivity contribution in [3.05, 3.63) is 70.8 Å². The number of benzene rings is 2. The van der Waals surface area contributed by atoms with Crippen LogP contribution < -0.4 is 5.73 Å². The van der Waals surface area contributed by atoms with Gasteiger partial charge in [0.25, 0.3) is 0 Å². The minimum Gasteiger partial charge on any atom is -0.323 e. The lowest BCUT2D eigenvalue weighted by molar-refractivity contribution is -0.122. The van der Waals surface area contributed by atoms with Gasteiger partial charge in [-0.2, -0.15) is 0 Å². The van der Waals surface area contributed by atoms with Gasteiger partial charge in [0.2, 0.25) is 0 Å². The molecule has 2 rings (SSSR count). The molecule has 0 spiro atoms. The van der Waals surface area contributed by atoms with Crippen molar-refractivity contribution < 1.29 is 4.79 Å². The van der Waals surface area contributed by atoms with Gasteiger partial charge in [0.15, 0.2) is 0 Å². The van der Waals surface area contributed by atoms with Crippen molar-refractivity contribution >= 4 is 5.78 Å². The van der Waals surface area contributed by atoms with E-state index >= 15 is 0 Å². The number of Topliss-reactive ketones (excluding diaryl/α,β-unsaturated/α-hetero) is 1. The van der Waals surface area contributed by atoms with E-state index < -0.39 is 0 Å². The highest BCUT2D eigenvalue weighted by Crippen LogP contribution is 2.23. The first-order valence-corrected chi connectivity index (χ1v) is 7.39. The Hall–Kier alpha value is -1.93. The Kier molecular flexibility index (Phi) is 4.92. The lowest BCUT2D eigenvalue weighted by atomic mass is 9.87. The predicted octanol–water partition coefficient (Wildman–Crippen LogP) is 3.75. The summed E-state index contributed by atoms with van der Waals surface area (Å²) in [5.41, 5.74) is 10.7. The zero-order valence-corrected chi connectivity index (χ0v) is 13.0. The van der Waals surface area contributed by atoms with Gasteiger partial charge in [0.05, 0.1) is 0 Å². The lowest BCUT2D eigenvalue weighted by Crippen LogP contribution is -2.27. The SMILES string of the molecule is Cc1cccc(C)c1CC(=O)C(C)C(N)c1ccccc1. The average Bonchev–Trinajstić information content (AvgIpc) is 2.50. The number of hydrogen-bond acceptors (Lipinski definition) is 2. The van der Waals surface area contributed by atoms with Gasteiger partial charge in [-0.25, -0.2) is 0 Å². The summed E-state index contributed by atoms with van der Waals surface area (Å²) in [4.78, 5) is 12.6. The van der Waals surface area contributed by atoms with Crippen LogP contribution in [0.4, 0.5) is 0 Å². The molecule has 0 heterocycles. The van der Waals surface area contributed by atoms with Crippen LogP contribution in [-0.4, -0.2) is 5.78 Å². The molecule has 2 nitrogen and oxygen atoms in total. The quantitative estimate of drug-likeness (QED) is 0.907. The van der Waals surface area contributed by atoms with Gasteiger partial charge in [-0.05, 0) is 36.1 Å². The maximum Gasteiger partial charge on any atom is 0.141 e. The van der Waals surface area contributed by atoms with Gasteiger partial charge in [0, 0.05) is 18.4 Å². The molecule has 2 aromatic rings. The normalized spacial score (nSPS) is 13.7. The fourth-order valence-corrected chi connectivity index (χ4v) is 2.63. The van der Waals surface area contributed by atoms with Crippen molar-refractivity contribution in [2.75, 3.05) is 0 Å². The molecule has 0 amide bonds. The molecule has 0 aliphatic carbocycles. The van der Waals surface area contributed by atoms with Gasteiger partial charge in [0.1, 0.15) is 5.78 Å². The Bertz CT molecular complexity index is 598. The smallest absolute Gasteiger partial charge is 0.141 e. The standard InChI is InChI=1S/C19H23NO/c1-13-8-7-9-14(2)17(13)12-18(21)15(3)19(20)16-10-5-4-6-11-16/h4-11,15,19H,12,20H2,1-3H3. The van der Waals surface area contributed by atoms with E-state index in [1.807, 2.05) is 43.3 Å². The topological polar surface area (TPSA) is 43.1 Å². The van der Waals surface area contributed by atoms with Gasteiger partial charge < -0.3 is 5.73 Å². The first-order valence-electron chi connectivity index (χ1n) is 7.39. The van der Waals surface area contributed by atoms with Crippen molar-refractivity contribution in [1.29, 1.82) is 0 Å². The molecule has 0 bridgehead atoms. The maximum atomic E-state index is 12.6. The Labute approximate surface area is 127 Å². The molecule has 2 N–H and O–H groups in total. The molecule has 2 heteroatoms. The van der Waals surface area contributed by atoms with Crippen molar-refractivity contribution in [2.24, 2.45) is 11.7 Å². The number of nitrogens with two attached hydrogens (primary N) is 1. The number of rotatable bonds is 5. The molecule has 0 aromatic heterocycles. The van der Waals surface area contributed by atoms with E-state index in [1.165, 1.54) is 11.1 Å². The second kappa shape index (κ2) is 6.68. The fourth-order valence-electron chi connectivity index (χ4n) is 2.63. The van der Waals surface area contributed by atoms with E-state index in [0.717, 1.165) is 11.1 Å². The fraction of sp³-hybridized carbons (Fsp3) is 0.316. The summed E-state index contributed by atoms with van der Waals surface area (Å²) in [6.07, 6.45) is 0.459. The number of ketones is 1. The highest BCUT2D eigenvalue weighted by atomic mass is 16.1. The van der Waals surface area contributed by atoms with Crippen LogP contribution in [0.1, 0.15) is 35.2 Å². The van der Waals surface area contributed by atoms with E-state index in [-0.39, 0.29) is 17.7 Å². The number of hydrogen-bond donors (Lipinski definition) is 1. The molecule has 0 saturated carbocycles. The highest BCUT2D eigenvalue weighted by molar-refractivity contribution is 5.84. The third-order valence-electron chi connectivity index (χ3n) is 4.23. The summed E-state index contributed by atoms with van der Waals surface area (Å²) >= 11 is 0. The van der Waals surface area contributed by atoms with Crippen LogP contribution in [0, 0.1) is 19.8 Å². The minimum atomic E-state index is -0.247. The van der Waals surface area contributed by atoms with Crippen molar-refractivity contribution in [3.63, 3.8) is 0 Å². The maximum absolute atomic E-state index is 12.6. The van der Waals surface area contributed by atoms with Crippen LogP contribution in [-0.2, 0) is 11.2 Å². The largest absolute Gasteiger partial charge is 0.323 e. The second-order valence-corrected chi connectivity index (χ2v) is 5.74. The van der Waals surface area contributed by atoms with Gasteiger partial charge in [-0.3, -0.25) is 4.79 Å². The third-order valence-corrected chi connectivity index (χ3v) is 4.23. The summed E-state index contributed by atoms with van der Waals surface area (Å²) in [5.74, 6) is 0.00941. The van der Waals surface area contributed by atoms with Gasteiger partial charge >= 0.3 is 0 Å². The Morgan fingerprint density at radius 1 is 1.00 bits per heavy atom. The minimum absolute atomic E-state index is 0.189. The van der Waals surface area contributed by atoms with Crippen LogP contribution in [0.15, 0.2) is 48.5 Å². The summed E-state index contributed by atoms with van der Waals surface area (Å²) in [5, 5.41) is 0. The van der Waals surface area contributed by atoms with E-state index in [1.54, 1.807) is 0 Å².